The Hall–Kier alpha value is -0.750. The summed E-state index contributed by atoms with van der Waals surface area (Å²) < 4.78 is 0. The van der Waals surface area contributed by atoms with E-state index in [0.29, 0.717) is 12.3 Å². The first kappa shape index (κ1) is 23.3. The zero-order chi connectivity index (χ0) is 19.4. The number of rotatable bonds is 14. The molecule has 152 valence electrons. The molecule has 2 N–H and O–H groups in total. The van der Waals surface area contributed by atoms with Crippen molar-refractivity contribution < 1.29 is 19.8 Å². The van der Waals surface area contributed by atoms with Gasteiger partial charge in [-0.05, 0) is 50.2 Å². The van der Waals surface area contributed by atoms with Crippen molar-refractivity contribution in [3.63, 3.8) is 0 Å². The highest BCUT2D eigenvalue weighted by atomic mass is 32.2. The van der Waals surface area contributed by atoms with Crippen LogP contribution in [0.5, 0.6) is 0 Å². The number of aliphatic hydroxyl groups is 1. The minimum Gasteiger partial charge on any atom is -0.481 e. The van der Waals surface area contributed by atoms with Crippen LogP contribution in [0, 0.1) is 5.92 Å². The second kappa shape index (κ2) is 13.4. The third-order valence-electron chi connectivity index (χ3n) is 5.22. The number of carboxylic acid groups (broad SMARTS) is 1. The summed E-state index contributed by atoms with van der Waals surface area (Å²) in [5.41, 5.74) is 0. The number of amides is 1. The molecule has 0 bridgehead atoms. The Morgan fingerprint density at radius 2 is 2.08 bits per heavy atom. The summed E-state index contributed by atoms with van der Waals surface area (Å²) in [5.74, 6) is 0.764. The predicted octanol–water partition coefficient (Wildman–Crippen LogP) is 3.93. The van der Waals surface area contributed by atoms with Crippen LogP contribution < -0.4 is 0 Å². The number of carbonyl (C=O) groups excluding carboxylic acids is 1. The molecule has 26 heavy (non-hydrogen) atoms. The van der Waals surface area contributed by atoms with E-state index >= 15 is 0 Å². The molecule has 0 aromatic heterocycles. The first-order valence-electron chi connectivity index (χ1n) is 10.2. The lowest BCUT2D eigenvalue weighted by Crippen LogP contribution is -2.47. The quantitative estimate of drug-likeness (QED) is 0.442. The molecule has 1 heterocycles. The molecule has 0 aromatic carbocycles. The normalized spacial score (nSPS) is 20.2. The van der Waals surface area contributed by atoms with Crippen LogP contribution in [0.1, 0.15) is 78.1 Å². The van der Waals surface area contributed by atoms with E-state index in [9.17, 15) is 14.7 Å². The van der Waals surface area contributed by atoms with Gasteiger partial charge in [-0.3, -0.25) is 9.59 Å². The Morgan fingerprint density at radius 3 is 2.77 bits per heavy atom. The Kier molecular flexibility index (Phi) is 12.0. The summed E-state index contributed by atoms with van der Waals surface area (Å²) >= 11 is 1.44. The van der Waals surface area contributed by atoms with Crippen LogP contribution >= 0.6 is 11.8 Å². The van der Waals surface area contributed by atoms with Crippen molar-refractivity contribution in [1.29, 1.82) is 0 Å². The maximum absolute atomic E-state index is 12.4. The maximum Gasteiger partial charge on any atom is 0.313 e. The molecule has 0 aromatic rings. The van der Waals surface area contributed by atoms with Crippen LogP contribution in [0.2, 0.25) is 0 Å². The maximum atomic E-state index is 12.4. The van der Waals surface area contributed by atoms with E-state index in [-0.39, 0.29) is 23.8 Å². The number of thioether (sulfide) groups is 1. The van der Waals surface area contributed by atoms with Crippen LogP contribution in [0.15, 0.2) is 0 Å². The third-order valence-corrected chi connectivity index (χ3v) is 6.24. The minimum atomic E-state index is -0.771. The van der Waals surface area contributed by atoms with Gasteiger partial charge >= 0.3 is 5.97 Å². The van der Waals surface area contributed by atoms with Crippen molar-refractivity contribution in [2.45, 2.75) is 90.2 Å². The van der Waals surface area contributed by atoms with Gasteiger partial charge in [-0.1, -0.05) is 33.1 Å². The number of nitrogens with zero attached hydrogens (tertiary/aromatic N) is 1. The van der Waals surface area contributed by atoms with E-state index in [1.165, 1.54) is 18.2 Å². The van der Waals surface area contributed by atoms with Gasteiger partial charge in [0.15, 0.2) is 0 Å². The molecule has 0 radical (unpaired) electrons. The summed E-state index contributed by atoms with van der Waals surface area (Å²) in [6.45, 7) is 5.09. The zero-order valence-corrected chi connectivity index (χ0v) is 17.3. The Labute approximate surface area is 162 Å². The van der Waals surface area contributed by atoms with Gasteiger partial charge in [0.1, 0.15) is 0 Å². The molecule has 0 aliphatic carbocycles. The molecule has 0 spiro atoms. The Bertz CT molecular complexity index is 419. The SMILES string of the molecule is CCCCCC(O)C[C@H](C)[C@H]1CCCC(=O)N1CCCCSCC(=O)O. The van der Waals surface area contributed by atoms with E-state index in [1.807, 2.05) is 4.90 Å². The molecule has 5 nitrogen and oxygen atoms in total. The molecule has 1 aliphatic heterocycles. The van der Waals surface area contributed by atoms with Crippen LogP contribution in [0.25, 0.3) is 0 Å². The number of aliphatic hydroxyl groups excluding tert-OH is 1. The number of aliphatic carboxylic acids is 1. The van der Waals surface area contributed by atoms with Gasteiger partial charge in [-0.25, -0.2) is 0 Å². The van der Waals surface area contributed by atoms with E-state index in [2.05, 4.69) is 13.8 Å². The largest absolute Gasteiger partial charge is 0.481 e. The van der Waals surface area contributed by atoms with E-state index in [0.717, 1.165) is 63.7 Å². The second-order valence-corrected chi connectivity index (χ2v) is 8.67. The summed E-state index contributed by atoms with van der Waals surface area (Å²) in [7, 11) is 0. The molecule has 1 saturated heterocycles. The van der Waals surface area contributed by atoms with Crippen molar-refractivity contribution in [2.24, 2.45) is 5.92 Å². The highest BCUT2D eigenvalue weighted by Gasteiger charge is 2.32. The average molecular weight is 388 g/mol. The molecule has 1 fully saturated rings. The van der Waals surface area contributed by atoms with Gasteiger partial charge in [0.2, 0.25) is 5.91 Å². The molecule has 1 amide bonds. The lowest BCUT2D eigenvalue weighted by Gasteiger charge is -2.40. The van der Waals surface area contributed by atoms with Crippen molar-refractivity contribution in [3.05, 3.63) is 0 Å². The van der Waals surface area contributed by atoms with Crippen molar-refractivity contribution >= 4 is 23.6 Å². The van der Waals surface area contributed by atoms with Crippen molar-refractivity contribution in [1.82, 2.24) is 4.90 Å². The van der Waals surface area contributed by atoms with E-state index < -0.39 is 5.97 Å². The molecule has 1 unspecified atom stereocenters. The highest BCUT2D eigenvalue weighted by Crippen LogP contribution is 2.28. The van der Waals surface area contributed by atoms with Crippen LogP contribution in [0.3, 0.4) is 0 Å². The number of unbranched alkanes of at least 4 members (excludes halogenated alkanes) is 3. The van der Waals surface area contributed by atoms with Gasteiger partial charge in [0.25, 0.3) is 0 Å². The number of carboxylic acids is 1. The first-order chi connectivity index (χ1) is 12.5. The standard InChI is InChI=1S/C20H37NO4S/c1-3-4-5-9-17(22)14-16(2)18-10-8-11-19(23)21(18)12-6-7-13-26-15-20(24)25/h16-18,22H,3-15H2,1-2H3,(H,24,25)/t16-,17?,18+/m0/s1. The molecular formula is C20H37NO4S. The lowest BCUT2D eigenvalue weighted by molar-refractivity contribution is -0.138. The summed E-state index contributed by atoms with van der Waals surface area (Å²) in [6.07, 6.45) is 9.24. The van der Waals surface area contributed by atoms with E-state index in [4.69, 9.17) is 5.11 Å². The van der Waals surface area contributed by atoms with Gasteiger partial charge in [0.05, 0.1) is 11.9 Å². The van der Waals surface area contributed by atoms with Crippen LogP contribution in [-0.2, 0) is 9.59 Å². The second-order valence-electron chi connectivity index (χ2n) is 7.56. The van der Waals surface area contributed by atoms with Gasteiger partial charge in [-0.15, -0.1) is 0 Å². The van der Waals surface area contributed by atoms with Gasteiger partial charge in [0, 0.05) is 19.0 Å². The molecule has 6 heteroatoms. The third kappa shape index (κ3) is 9.26. The van der Waals surface area contributed by atoms with Crippen molar-refractivity contribution in [3.8, 4) is 0 Å². The summed E-state index contributed by atoms with van der Waals surface area (Å²) in [5, 5.41) is 18.9. The van der Waals surface area contributed by atoms with Crippen molar-refractivity contribution in [2.75, 3.05) is 18.1 Å². The summed E-state index contributed by atoms with van der Waals surface area (Å²) in [4.78, 5) is 24.9. The molecule has 0 saturated carbocycles. The molecular weight excluding hydrogens is 350 g/mol. The predicted molar refractivity (Wildman–Crippen MR) is 107 cm³/mol. The lowest BCUT2D eigenvalue weighted by atomic mass is 9.86. The fourth-order valence-corrected chi connectivity index (χ4v) is 4.54. The number of hydrogen-bond donors (Lipinski definition) is 2. The monoisotopic (exact) mass is 387 g/mol. The smallest absolute Gasteiger partial charge is 0.313 e. The highest BCUT2D eigenvalue weighted by molar-refractivity contribution is 7.99. The molecule has 3 atom stereocenters. The number of piperidine rings is 1. The van der Waals surface area contributed by atoms with Gasteiger partial charge < -0.3 is 15.1 Å². The van der Waals surface area contributed by atoms with Crippen LogP contribution in [-0.4, -0.2) is 57.2 Å². The average Bonchev–Trinajstić information content (AvgIpc) is 2.58. The Morgan fingerprint density at radius 1 is 1.31 bits per heavy atom. The first-order valence-corrected chi connectivity index (χ1v) is 11.4. The fraction of sp³-hybridized carbons (Fsp3) is 0.900. The molecule has 1 aliphatic rings. The fourth-order valence-electron chi connectivity index (χ4n) is 3.81. The Balaban J connectivity index is 2.40. The number of carbonyl (C=O) groups is 2. The summed E-state index contributed by atoms with van der Waals surface area (Å²) in [6, 6.07) is 0.240. The molecule has 1 rings (SSSR count). The number of likely N-dealkylation sites (tertiary alicyclic amines) is 1. The van der Waals surface area contributed by atoms with Crippen LogP contribution in [0.4, 0.5) is 0 Å². The number of hydrogen-bond acceptors (Lipinski definition) is 4. The topological polar surface area (TPSA) is 77.8 Å². The zero-order valence-electron chi connectivity index (χ0n) is 16.5. The van der Waals surface area contributed by atoms with Gasteiger partial charge in [-0.2, -0.15) is 11.8 Å². The van der Waals surface area contributed by atoms with E-state index in [1.54, 1.807) is 0 Å². The minimum absolute atomic E-state index is 0.151.